The van der Waals surface area contributed by atoms with Crippen molar-refractivity contribution in [1.82, 2.24) is 10.2 Å². The van der Waals surface area contributed by atoms with Gasteiger partial charge in [-0.3, -0.25) is 13.9 Å². The van der Waals surface area contributed by atoms with E-state index in [-0.39, 0.29) is 29.7 Å². The number of hydrogen-bond donors (Lipinski definition) is 1. The lowest BCUT2D eigenvalue weighted by molar-refractivity contribution is -0.140. The van der Waals surface area contributed by atoms with Gasteiger partial charge in [0.15, 0.2) is 0 Å². The largest absolute Gasteiger partial charge is 0.354 e. The molecule has 2 amide bonds. The number of nitrogens with zero attached hydrogens (tertiary/aromatic N) is 2. The summed E-state index contributed by atoms with van der Waals surface area (Å²) in [6, 6.07) is 31.3. The van der Waals surface area contributed by atoms with E-state index in [1.807, 2.05) is 75.4 Å². The molecular formula is C35H38BrN3O4S. The Labute approximate surface area is 269 Å². The molecular weight excluding hydrogens is 638 g/mol. The molecule has 0 heterocycles. The molecule has 230 valence electrons. The highest BCUT2D eigenvalue weighted by molar-refractivity contribution is 9.10. The van der Waals surface area contributed by atoms with Crippen molar-refractivity contribution in [3.8, 4) is 0 Å². The highest BCUT2D eigenvalue weighted by Crippen LogP contribution is 2.27. The molecule has 0 unspecified atom stereocenters. The normalized spacial score (nSPS) is 12.0. The predicted octanol–water partition coefficient (Wildman–Crippen LogP) is 6.37. The van der Waals surface area contributed by atoms with Crippen LogP contribution in [0.15, 0.2) is 119 Å². The number of carbonyl (C=O) groups excluding carboxylic acids is 2. The second-order valence-corrected chi connectivity index (χ2v) is 13.9. The highest BCUT2D eigenvalue weighted by Gasteiger charge is 2.34. The van der Waals surface area contributed by atoms with E-state index < -0.39 is 28.5 Å². The summed E-state index contributed by atoms with van der Waals surface area (Å²) in [5.41, 5.74) is 3.12. The molecule has 7 nitrogen and oxygen atoms in total. The summed E-state index contributed by atoms with van der Waals surface area (Å²) in [4.78, 5) is 29.9. The van der Waals surface area contributed by atoms with Gasteiger partial charge in [-0.2, -0.15) is 0 Å². The zero-order valence-electron chi connectivity index (χ0n) is 25.2. The van der Waals surface area contributed by atoms with Crippen LogP contribution in [-0.2, 0) is 32.6 Å². The number of hydrogen-bond acceptors (Lipinski definition) is 4. The number of rotatable bonds is 13. The van der Waals surface area contributed by atoms with Gasteiger partial charge in [0.25, 0.3) is 10.0 Å². The number of carbonyl (C=O) groups is 2. The standard InChI is InChI=1S/C35H38BrN3O4S/c1-26(2)23-37-35(41)33(21-28-11-6-4-7-12-28)38(24-29-19-17-27(3)18-20-29)34(40)25-39(31-14-10-13-30(36)22-31)44(42,43)32-15-8-5-9-16-32/h4-20,22,26,33H,21,23-25H2,1-3H3,(H,37,41)/t33-/m1/s1. The number of nitrogens with one attached hydrogen (secondary N) is 1. The van der Waals surface area contributed by atoms with Gasteiger partial charge in [-0.1, -0.05) is 114 Å². The lowest BCUT2D eigenvalue weighted by atomic mass is 10.0. The minimum absolute atomic E-state index is 0.0633. The molecule has 4 rings (SSSR count). The summed E-state index contributed by atoms with van der Waals surface area (Å²) in [6.07, 6.45) is 0.269. The quantitative estimate of drug-likeness (QED) is 0.179. The molecule has 4 aromatic rings. The number of amides is 2. The summed E-state index contributed by atoms with van der Waals surface area (Å²) in [5, 5.41) is 3.01. The van der Waals surface area contributed by atoms with Gasteiger partial charge in [0.05, 0.1) is 10.6 Å². The molecule has 0 aliphatic carbocycles. The molecule has 44 heavy (non-hydrogen) atoms. The fraction of sp³-hybridized carbons (Fsp3) is 0.257. The molecule has 0 bridgehead atoms. The monoisotopic (exact) mass is 675 g/mol. The van der Waals surface area contributed by atoms with E-state index in [0.29, 0.717) is 16.7 Å². The molecule has 0 saturated heterocycles. The van der Waals surface area contributed by atoms with Gasteiger partial charge in [0.1, 0.15) is 12.6 Å². The molecule has 1 N–H and O–H groups in total. The van der Waals surface area contributed by atoms with Crippen LogP contribution in [0.1, 0.15) is 30.5 Å². The summed E-state index contributed by atoms with van der Waals surface area (Å²) in [7, 11) is -4.14. The number of halogens is 1. The van der Waals surface area contributed by atoms with Crippen LogP contribution in [0.25, 0.3) is 0 Å². The third kappa shape index (κ3) is 8.80. The molecule has 0 fully saturated rings. The maximum Gasteiger partial charge on any atom is 0.264 e. The Morgan fingerprint density at radius 3 is 2.07 bits per heavy atom. The number of benzene rings is 4. The first-order chi connectivity index (χ1) is 21.0. The third-order valence-corrected chi connectivity index (χ3v) is 9.42. The van der Waals surface area contributed by atoms with Crippen molar-refractivity contribution < 1.29 is 18.0 Å². The maximum atomic E-state index is 14.5. The molecule has 0 aliphatic rings. The minimum Gasteiger partial charge on any atom is -0.354 e. The van der Waals surface area contributed by atoms with E-state index in [0.717, 1.165) is 21.0 Å². The SMILES string of the molecule is Cc1ccc(CN(C(=O)CN(c2cccc(Br)c2)S(=O)(=O)c2ccccc2)[C@H](Cc2ccccc2)C(=O)NCC(C)C)cc1. The molecule has 0 radical (unpaired) electrons. The van der Waals surface area contributed by atoms with Crippen molar-refractivity contribution in [2.75, 3.05) is 17.4 Å². The first-order valence-corrected chi connectivity index (χ1v) is 16.8. The Morgan fingerprint density at radius 2 is 1.45 bits per heavy atom. The van der Waals surface area contributed by atoms with Crippen molar-refractivity contribution in [3.05, 3.63) is 130 Å². The zero-order valence-corrected chi connectivity index (χ0v) is 27.6. The molecule has 9 heteroatoms. The molecule has 4 aromatic carbocycles. The predicted molar refractivity (Wildman–Crippen MR) is 179 cm³/mol. The van der Waals surface area contributed by atoms with Crippen LogP contribution in [0, 0.1) is 12.8 Å². The lowest BCUT2D eigenvalue weighted by Gasteiger charge is -2.34. The van der Waals surface area contributed by atoms with E-state index in [1.54, 1.807) is 42.5 Å². The first-order valence-electron chi connectivity index (χ1n) is 14.5. The van der Waals surface area contributed by atoms with Crippen molar-refractivity contribution >= 4 is 43.5 Å². The summed E-state index contributed by atoms with van der Waals surface area (Å²) >= 11 is 3.44. The Balaban J connectivity index is 1.79. The van der Waals surface area contributed by atoms with E-state index in [2.05, 4.69) is 21.2 Å². The van der Waals surface area contributed by atoms with Gasteiger partial charge in [-0.05, 0) is 54.3 Å². The number of aryl methyl sites for hydroxylation is 1. The van der Waals surface area contributed by atoms with Crippen molar-refractivity contribution in [1.29, 1.82) is 0 Å². The average molecular weight is 677 g/mol. The Bertz CT molecular complexity index is 1650. The number of anilines is 1. The third-order valence-electron chi connectivity index (χ3n) is 7.14. The zero-order chi connectivity index (χ0) is 31.7. The van der Waals surface area contributed by atoms with Crippen molar-refractivity contribution in [3.63, 3.8) is 0 Å². The summed E-state index contributed by atoms with van der Waals surface area (Å²) < 4.78 is 29.8. The molecule has 0 saturated carbocycles. The summed E-state index contributed by atoms with van der Waals surface area (Å²) in [5.74, 6) is -0.575. The minimum atomic E-state index is -4.14. The molecule has 0 aromatic heterocycles. The van der Waals surface area contributed by atoms with Gasteiger partial charge in [0, 0.05) is 24.0 Å². The van der Waals surface area contributed by atoms with Gasteiger partial charge in [-0.25, -0.2) is 8.42 Å². The average Bonchev–Trinajstić information content (AvgIpc) is 3.02. The Morgan fingerprint density at radius 1 is 0.818 bits per heavy atom. The van der Waals surface area contributed by atoms with Crippen LogP contribution in [0.4, 0.5) is 5.69 Å². The van der Waals surface area contributed by atoms with Crippen molar-refractivity contribution in [2.45, 2.75) is 44.7 Å². The van der Waals surface area contributed by atoms with E-state index in [1.165, 1.54) is 17.0 Å². The van der Waals surface area contributed by atoms with E-state index in [4.69, 9.17) is 0 Å². The molecule has 0 spiro atoms. The number of sulfonamides is 1. The van der Waals surface area contributed by atoms with E-state index in [9.17, 15) is 18.0 Å². The Kier molecular flexibility index (Phi) is 11.4. The molecule has 0 aliphatic heterocycles. The van der Waals surface area contributed by atoms with Crippen LogP contribution in [0.5, 0.6) is 0 Å². The van der Waals surface area contributed by atoms with E-state index >= 15 is 0 Å². The molecule has 1 atom stereocenters. The lowest BCUT2D eigenvalue weighted by Crippen LogP contribution is -2.53. The first kappa shape index (κ1) is 33.0. The smallest absolute Gasteiger partial charge is 0.264 e. The Hall–Kier alpha value is -3.95. The summed E-state index contributed by atoms with van der Waals surface area (Å²) in [6.45, 7) is 6.07. The van der Waals surface area contributed by atoms with Gasteiger partial charge in [0.2, 0.25) is 11.8 Å². The second-order valence-electron chi connectivity index (χ2n) is 11.2. The van der Waals surface area contributed by atoms with Crippen LogP contribution >= 0.6 is 15.9 Å². The maximum absolute atomic E-state index is 14.5. The van der Waals surface area contributed by atoms with Gasteiger partial charge < -0.3 is 10.2 Å². The topological polar surface area (TPSA) is 86.8 Å². The second kappa shape index (κ2) is 15.2. The van der Waals surface area contributed by atoms with Crippen LogP contribution in [0.3, 0.4) is 0 Å². The fourth-order valence-corrected chi connectivity index (χ4v) is 6.56. The van der Waals surface area contributed by atoms with Crippen LogP contribution < -0.4 is 9.62 Å². The van der Waals surface area contributed by atoms with Crippen LogP contribution in [0.2, 0.25) is 0 Å². The van der Waals surface area contributed by atoms with Gasteiger partial charge in [-0.15, -0.1) is 0 Å². The van der Waals surface area contributed by atoms with Crippen LogP contribution in [-0.4, -0.2) is 44.3 Å². The van der Waals surface area contributed by atoms with Gasteiger partial charge >= 0.3 is 0 Å². The van der Waals surface area contributed by atoms with Crippen molar-refractivity contribution in [2.24, 2.45) is 5.92 Å². The highest BCUT2D eigenvalue weighted by atomic mass is 79.9. The fourth-order valence-electron chi connectivity index (χ4n) is 4.75.